The van der Waals surface area contributed by atoms with Crippen molar-refractivity contribution in [2.45, 2.75) is 44.0 Å². The monoisotopic (exact) mass is 533 g/mol. The predicted molar refractivity (Wildman–Crippen MR) is 131 cm³/mol. The lowest BCUT2D eigenvalue weighted by atomic mass is 10.1. The molecular weight excluding hydrogens is 506 g/mol. The van der Waals surface area contributed by atoms with Gasteiger partial charge in [-0.15, -0.1) is 16.4 Å². The van der Waals surface area contributed by atoms with Crippen LogP contribution in [0.1, 0.15) is 25.8 Å². The molecule has 0 aliphatic carbocycles. The van der Waals surface area contributed by atoms with Gasteiger partial charge in [-0.2, -0.15) is 4.31 Å². The van der Waals surface area contributed by atoms with E-state index in [-0.39, 0.29) is 30.5 Å². The van der Waals surface area contributed by atoms with E-state index in [0.29, 0.717) is 35.9 Å². The summed E-state index contributed by atoms with van der Waals surface area (Å²) in [5, 5.41) is 11.2. The molecule has 192 valence electrons. The van der Waals surface area contributed by atoms with Gasteiger partial charge in [-0.25, -0.2) is 13.1 Å². The molecule has 0 unspecified atom stereocenters. The Morgan fingerprint density at radius 1 is 1.22 bits per heavy atom. The number of benzene rings is 1. The van der Waals surface area contributed by atoms with Gasteiger partial charge in [0.25, 0.3) is 5.91 Å². The number of nitrogens with zero attached hydrogens (tertiary/aromatic N) is 4. The van der Waals surface area contributed by atoms with Crippen LogP contribution in [0.4, 0.5) is 0 Å². The molecule has 2 aromatic heterocycles. The molecule has 0 saturated carbocycles. The van der Waals surface area contributed by atoms with E-state index in [1.807, 2.05) is 6.92 Å². The Morgan fingerprint density at radius 3 is 2.81 bits per heavy atom. The average Bonchev–Trinajstić information content (AvgIpc) is 3.56. The summed E-state index contributed by atoms with van der Waals surface area (Å²) in [5.41, 5.74) is 0.964. The average molecular weight is 534 g/mol. The molecule has 1 aromatic carbocycles. The van der Waals surface area contributed by atoms with Gasteiger partial charge in [-0.1, -0.05) is 5.21 Å². The number of thiophene rings is 1. The van der Waals surface area contributed by atoms with Crippen molar-refractivity contribution in [1.82, 2.24) is 24.6 Å². The van der Waals surface area contributed by atoms with Crippen molar-refractivity contribution in [2.75, 3.05) is 26.8 Å². The summed E-state index contributed by atoms with van der Waals surface area (Å²) in [7, 11) is -2.23. The zero-order valence-corrected chi connectivity index (χ0v) is 21.8. The Hall–Kier alpha value is -3.00. The van der Waals surface area contributed by atoms with Gasteiger partial charge in [-0.05, 0) is 38.1 Å². The first-order chi connectivity index (χ1) is 17.2. The number of ether oxygens (including phenoxy) is 3. The van der Waals surface area contributed by atoms with E-state index in [2.05, 4.69) is 15.6 Å². The van der Waals surface area contributed by atoms with Crippen LogP contribution in [0.5, 0.6) is 11.5 Å². The maximum absolute atomic E-state index is 13.5. The quantitative estimate of drug-likeness (QED) is 0.540. The zero-order valence-electron chi connectivity index (χ0n) is 20.1. The number of fused-ring (bicyclic) bond motifs is 5. The summed E-state index contributed by atoms with van der Waals surface area (Å²) in [6.07, 6.45) is 1.18. The predicted octanol–water partition coefficient (Wildman–Crippen LogP) is 1.75. The van der Waals surface area contributed by atoms with Gasteiger partial charge >= 0.3 is 0 Å². The highest BCUT2D eigenvalue weighted by Crippen LogP contribution is 2.31. The van der Waals surface area contributed by atoms with Gasteiger partial charge in [0.05, 0.1) is 43.5 Å². The molecule has 2 aliphatic heterocycles. The Balaban J connectivity index is 1.46. The number of hydrogen-bond donors (Lipinski definition) is 1. The van der Waals surface area contributed by atoms with E-state index >= 15 is 0 Å². The van der Waals surface area contributed by atoms with E-state index in [1.54, 1.807) is 42.1 Å². The third-order valence-electron chi connectivity index (χ3n) is 6.20. The molecule has 2 atom stereocenters. The van der Waals surface area contributed by atoms with Crippen molar-refractivity contribution in [3.05, 3.63) is 51.5 Å². The number of sulfonamides is 1. The van der Waals surface area contributed by atoms with Crippen molar-refractivity contribution in [3.63, 3.8) is 0 Å². The van der Waals surface area contributed by atoms with Crippen LogP contribution in [0.25, 0.3) is 0 Å². The number of hydrogen-bond acceptors (Lipinski definition) is 9. The standard InChI is InChI=1S/C23H27N5O6S2/c1-14-8-22(15(2)35-14)36(30,31)28-11-18-21(12-28)34-13-17-10-27(26-25-17)6-7-33-20-9-16(23(29)24-18)4-5-19(20)32-3/h4-5,8-10,18,21H,6-7,11-13H2,1-3H3,(H,24,29)/t18-,21-/m0/s1. The van der Waals surface area contributed by atoms with Crippen LogP contribution in [0.3, 0.4) is 0 Å². The molecule has 13 heteroatoms. The van der Waals surface area contributed by atoms with Gasteiger partial charge in [0.15, 0.2) is 11.5 Å². The molecule has 4 bridgehead atoms. The maximum Gasteiger partial charge on any atom is 0.251 e. The molecule has 1 saturated heterocycles. The number of carbonyl (C=O) groups excluding carboxylic acids is 1. The number of methoxy groups -OCH3 is 1. The number of rotatable bonds is 3. The third-order valence-corrected chi connectivity index (χ3v) is 9.25. The lowest BCUT2D eigenvalue weighted by Gasteiger charge is -2.20. The highest BCUT2D eigenvalue weighted by Gasteiger charge is 2.42. The fourth-order valence-electron chi connectivity index (χ4n) is 4.38. The van der Waals surface area contributed by atoms with Gasteiger partial charge < -0.3 is 19.5 Å². The SMILES string of the molecule is COc1ccc2cc1OCCn1cc(nn1)CO[C@H]1CN(S(=O)(=O)c3cc(C)sc3C)C[C@@H]1NC2=O. The van der Waals surface area contributed by atoms with Gasteiger partial charge in [-0.3, -0.25) is 4.79 Å². The van der Waals surface area contributed by atoms with Crippen LogP contribution in [0.2, 0.25) is 0 Å². The van der Waals surface area contributed by atoms with Crippen molar-refractivity contribution in [1.29, 1.82) is 0 Å². The molecule has 11 nitrogen and oxygen atoms in total. The summed E-state index contributed by atoms with van der Waals surface area (Å²) >= 11 is 1.44. The van der Waals surface area contributed by atoms with Crippen LogP contribution in [0.15, 0.2) is 35.4 Å². The fraction of sp³-hybridized carbons (Fsp3) is 0.435. The van der Waals surface area contributed by atoms with Crippen LogP contribution < -0.4 is 14.8 Å². The first-order valence-electron chi connectivity index (χ1n) is 11.4. The molecule has 1 N–H and O–H groups in total. The molecule has 0 spiro atoms. The second-order valence-electron chi connectivity index (χ2n) is 8.72. The van der Waals surface area contributed by atoms with Crippen molar-refractivity contribution in [2.24, 2.45) is 0 Å². The van der Waals surface area contributed by atoms with Gasteiger partial charge in [0, 0.05) is 28.4 Å². The van der Waals surface area contributed by atoms with E-state index in [0.717, 1.165) is 9.75 Å². The van der Waals surface area contributed by atoms with Gasteiger partial charge in [0.2, 0.25) is 10.0 Å². The third kappa shape index (κ3) is 4.83. The van der Waals surface area contributed by atoms with Crippen LogP contribution in [-0.2, 0) is 27.9 Å². The zero-order chi connectivity index (χ0) is 25.4. The summed E-state index contributed by atoms with van der Waals surface area (Å²) in [5.74, 6) is 0.560. The maximum atomic E-state index is 13.5. The van der Waals surface area contributed by atoms with Crippen LogP contribution in [0, 0.1) is 13.8 Å². The largest absolute Gasteiger partial charge is 0.493 e. The molecular formula is C23H27N5O6S2. The topological polar surface area (TPSA) is 125 Å². The Morgan fingerprint density at radius 2 is 2.06 bits per heavy atom. The van der Waals surface area contributed by atoms with Crippen molar-refractivity contribution in [3.8, 4) is 11.5 Å². The normalized spacial score (nSPS) is 21.1. The number of amides is 1. The van der Waals surface area contributed by atoms with E-state index < -0.39 is 22.2 Å². The number of aryl methyl sites for hydroxylation is 2. The minimum Gasteiger partial charge on any atom is -0.493 e. The Bertz CT molecular complexity index is 1390. The molecule has 1 fully saturated rings. The smallest absolute Gasteiger partial charge is 0.251 e. The summed E-state index contributed by atoms with van der Waals surface area (Å²) in [6.45, 7) is 4.72. The summed E-state index contributed by atoms with van der Waals surface area (Å²) < 4.78 is 47.3. The Labute approximate surface area is 213 Å². The number of aromatic nitrogens is 3. The molecule has 3 aromatic rings. The highest BCUT2D eigenvalue weighted by atomic mass is 32.2. The minimum absolute atomic E-state index is 0.0826. The first kappa shape index (κ1) is 24.7. The fourth-order valence-corrected chi connectivity index (χ4v) is 7.39. The van der Waals surface area contributed by atoms with Crippen LogP contribution >= 0.6 is 11.3 Å². The Kier molecular flexibility index (Phi) is 6.72. The summed E-state index contributed by atoms with van der Waals surface area (Å²) in [4.78, 5) is 15.1. The van der Waals surface area contributed by atoms with E-state index in [1.165, 1.54) is 22.8 Å². The van der Waals surface area contributed by atoms with E-state index in [4.69, 9.17) is 14.2 Å². The first-order valence-corrected chi connectivity index (χ1v) is 13.7. The summed E-state index contributed by atoms with van der Waals surface area (Å²) in [6, 6.07) is 6.03. The van der Waals surface area contributed by atoms with Crippen LogP contribution in [-0.4, -0.2) is 72.6 Å². The molecule has 5 rings (SSSR count). The van der Waals surface area contributed by atoms with E-state index in [9.17, 15) is 13.2 Å². The molecule has 1 amide bonds. The second kappa shape index (κ2) is 9.81. The molecule has 36 heavy (non-hydrogen) atoms. The van der Waals surface area contributed by atoms with Gasteiger partial charge in [0.1, 0.15) is 12.3 Å². The highest BCUT2D eigenvalue weighted by molar-refractivity contribution is 7.89. The molecule has 0 radical (unpaired) electrons. The number of nitrogens with one attached hydrogen (secondary N) is 1. The second-order valence-corrected chi connectivity index (χ2v) is 12.1. The van der Waals surface area contributed by atoms with Crippen molar-refractivity contribution < 1.29 is 27.4 Å². The van der Waals surface area contributed by atoms with Crippen molar-refractivity contribution >= 4 is 27.3 Å². The lowest BCUT2D eigenvalue weighted by molar-refractivity contribution is 0.0321. The molecule has 2 aliphatic rings. The number of carbonyl (C=O) groups is 1. The minimum atomic E-state index is -3.76. The lowest BCUT2D eigenvalue weighted by Crippen LogP contribution is -2.44. The molecule has 4 heterocycles.